The molecule has 15 nitrogen and oxygen atoms in total. The van der Waals surface area contributed by atoms with Crippen LogP contribution in [0.15, 0.2) is 12.2 Å². The molecule has 11 atom stereocenters. The van der Waals surface area contributed by atoms with Gasteiger partial charge in [-0.3, -0.25) is 9.59 Å². The molecule has 0 amide bonds. The van der Waals surface area contributed by atoms with Crippen molar-refractivity contribution in [3.8, 4) is 0 Å². The Balaban J connectivity index is 1.87. The first-order valence-corrected chi connectivity index (χ1v) is 19.8. The van der Waals surface area contributed by atoms with Crippen LogP contribution in [0, 0.1) is 0 Å². The Morgan fingerprint density at radius 1 is 0.585 bits per heavy atom. The smallest absolute Gasteiger partial charge is 0.306 e. The highest BCUT2D eigenvalue weighted by atomic mass is 16.7. The molecule has 53 heavy (non-hydrogen) atoms. The van der Waals surface area contributed by atoms with E-state index in [1.165, 1.54) is 25.7 Å². The zero-order valence-electron chi connectivity index (χ0n) is 31.8. The van der Waals surface area contributed by atoms with Crippen molar-refractivity contribution in [2.75, 3.05) is 26.4 Å². The Kier molecular flexibility index (Phi) is 24.8. The number of rotatable bonds is 28. The highest BCUT2D eigenvalue weighted by Crippen LogP contribution is 2.26. The lowest BCUT2D eigenvalue weighted by atomic mass is 9.98. The summed E-state index contributed by atoms with van der Waals surface area (Å²) < 4.78 is 33.1. The average Bonchev–Trinajstić information content (AvgIpc) is 3.15. The van der Waals surface area contributed by atoms with E-state index in [-0.39, 0.29) is 26.1 Å². The number of hydrogen-bond acceptors (Lipinski definition) is 15. The fraction of sp³-hybridized carbons (Fsp3) is 0.895. The number of ether oxygens (including phenoxy) is 6. The Labute approximate surface area is 314 Å². The van der Waals surface area contributed by atoms with E-state index in [0.717, 1.165) is 57.8 Å². The summed E-state index contributed by atoms with van der Waals surface area (Å²) in [5.74, 6) is -0.957. The molecular formula is C38H68O15. The lowest BCUT2D eigenvalue weighted by Crippen LogP contribution is -2.61. The fourth-order valence-electron chi connectivity index (χ4n) is 6.09. The normalized spacial score (nSPS) is 29.7. The average molecular weight is 765 g/mol. The minimum Gasteiger partial charge on any atom is -0.462 e. The van der Waals surface area contributed by atoms with Crippen molar-refractivity contribution in [1.82, 2.24) is 0 Å². The SMILES string of the molecule is CCCCCC/C=C\CCCCCCCC(=O)OC(COC(=O)CCCCCC)COC1OC(COC2OC(CO)C(O)C(O)C2O)C(O)C(O)C1O. The number of esters is 2. The van der Waals surface area contributed by atoms with Crippen LogP contribution in [-0.4, -0.2) is 142 Å². The zero-order valence-corrected chi connectivity index (χ0v) is 31.8. The van der Waals surface area contributed by atoms with Crippen molar-refractivity contribution >= 4 is 11.9 Å². The van der Waals surface area contributed by atoms with Gasteiger partial charge >= 0.3 is 11.9 Å². The quantitative estimate of drug-likeness (QED) is 0.0344. The molecule has 0 bridgehead atoms. The highest BCUT2D eigenvalue weighted by molar-refractivity contribution is 5.70. The van der Waals surface area contributed by atoms with Crippen LogP contribution in [0.3, 0.4) is 0 Å². The molecule has 2 aliphatic heterocycles. The van der Waals surface area contributed by atoms with E-state index in [1.807, 2.05) is 0 Å². The van der Waals surface area contributed by atoms with Crippen molar-refractivity contribution in [3.63, 3.8) is 0 Å². The first kappa shape index (κ1) is 47.4. The number of carbonyl (C=O) groups excluding carboxylic acids is 2. The lowest BCUT2D eigenvalue weighted by molar-refractivity contribution is -0.332. The van der Waals surface area contributed by atoms with E-state index >= 15 is 0 Å². The van der Waals surface area contributed by atoms with Crippen LogP contribution in [0.25, 0.3) is 0 Å². The van der Waals surface area contributed by atoms with Crippen LogP contribution in [0.4, 0.5) is 0 Å². The number of aliphatic hydroxyl groups excluding tert-OH is 7. The molecule has 0 radical (unpaired) electrons. The summed E-state index contributed by atoms with van der Waals surface area (Å²) in [6.07, 6.45) is 3.47. The van der Waals surface area contributed by atoms with Crippen molar-refractivity contribution in [3.05, 3.63) is 12.2 Å². The summed E-state index contributed by atoms with van der Waals surface area (Å²) in [4.78, 5) is 25.1. The minimum atomic E-state index is -1.76. The molecule has 7 N–H and O–H groups in total. The summed E-state index contributed by atoms with van der Waals surface area (Å²) >= 11 is 0. The molecule has 310 valence electrons. The van der Waals surface area contributed by atoms with Crippen molar-refractivity contribution in [2.45, 2.75) is 191 Å². The van der Waals surface area contributed by atoms with Gasteiger partial charge in [0.2, 0.25) is 0 Å². The van der Waals surface area contributed by atoms with Gasteiger partial charge in [0.05, 0.1) is 19.8 Å². The molecule has 0 spiro atoms. The molecule has 0 saturated carbocycles. The fourth-order valence-corrected chi connectivity index (χ4v) is 6.09. The van der Waals surface area contributed by atoms with Gasteiger partial charge in [0.25, 0.3) is 0 Å². The summed E-state index contributed by atoms with van der Waals surface area (Å²) in [6.45, 7) is 2.38. The monoisotopic (exact) mass is 764 g/mol. The maximum absolute atomic E-state index is 12.8. The zero-order chi connectivity index (χ0) is 39.0. The Bertz CT molecular complexity index is 997. The summed E-state index contributed by atoms with van der Waals surface area (Å²) in [5.41, 5.74) is 0. The molecule has 2 fully saturated rings. The van der Waals surface area contributed by atoms with Gasteiger partial charge in [0, 0.05) is 12.8 Å². The minimum absolute atomic E-state index is 0.157. The van der Waals surface area contributed by atoms with Gasteiger partial charge in [-0.05, 0) is 38.5 Å². The van der Waals surface area contributed by atoms with Crippen LogP contribution in [-0.2, 0) is 38.0 Å². The second kappa shape index (κ2) is 27.8. The van der Waals surface area contributed by atoms with E-state index < -0.39 is 92.7 Å². The summed E-state index contributed by atoms with van der Waals surface area (Å²) in [5, 5.41) is 71.4. The number of carbonyl (C=O) groups is 2. The molecule has 0 aromatic heterocycles. The van der Waals surface area contributed by atoms with E-state index in [0.29, 0.717) is 12.8 Å². The molecular weight excluding hydrogens is 696 g/mol. The van der Waals surface area contributed by atoms with Gasteiger partial charge < -0.3 is 64.2 Å². The van der Waals surface area contributed by atoms with Gasteiger partial charge in [-0.1, -0.05) is 83.8 Å². The highest BCUT2D eigenvalue weighted by Gasteiger charge is 2.47. The number of aliphatic hydroxyl groups is 7. The molecule has 0 aromatic rings. The third-order valence-corrected chi connectivity index (χ3v) is 9.49. The molecule has 2 rings (SSSR count). The van der Waals surface area contributed by atoms with Crippen LogP contribution >= 0.6 is 0 Å². The molecule has 0 aliphatic carbocycles. The maximum atomic E-state index is 12.8. The van der Waals surface area contributed by atoms with Gasteiger partial charge in [0.1, 0.15) is 55.4 Å². The van der Waals surface area contributed by atoms with Crippen molar-refractivity contribution in [2.24, 2.45) is 0 Å². The third-order valence-electron chi connectivity index (χ3n) is 9.49. The number of unbranched alkanes of at least 4 members (excludes halogenated alkanes) is 12. The molecule has 0 aromatic carbocycles. The maximum Gasteiger partial charge on any atom is 0.306 e. The largest absolute Gasteiger partial charge is 0.462 e. The van der Waals surface area contributed by atoms with Crippen LogP contribution in [0.2, 0.25) is 0 Å². The number of allylic oxidation sites excluding steroid dienone is 2. The summed E-state index contributed by atoms with van der Waals surface area (Å²) in [7, 11) is 0. The molecule has 2 heterocycles. The molecule has 2 aliphatic rings. The lowest BCUT2D eigenvalue weighted by Gasteiger charge is -2.42. The van der Waals surface area contributed by atoms with Gasteiger partial charge in [0.15, 0.2) is 18.7 Å². The summed E-state index contributed by atoms with van der Waals surface area (Å²) in [6, 6.07) is 0. The first-order chi connectivity index (χ1) is 25.5. The second-order valence-electron chi connectivity index (χ2n) is 14.1. The predicted molar refractivity (Wildman–Crippen MR) is 192 cm³/mol. The van der Waals surface area contributed by atoms with E-state index in [1.54, 1.807) is 0 Å². The van der Waals surface area contributed by atoms with Gasteiger partial charge in [-0.15, -0.1) is 0 Å². The van der Waals surface area contributed by atoms with Gasteiger partial charge in [-0.25, -0.2) is 0 Å². The molecule has 11 unspecified atom stereocenters. The Morgan fingerprint density at radius 3 is 1.68 bits per heavy atom. The van der Waals surface area contributed by atoms with Gasteiger partial charge in [-0.2, -0.15) is 0 Å². The van der Waals surface area contributed by atoms with Crippen molar-refractivity contribution < 1.29 is 73.8 Å². The molecule has 2 saturated heterocycles. The van der Waals surface area contributed by atoms with Crippen LogP contribution in [0.5, 0.6) is 0 Å². The van der Waals surface area contributed by atoms with Crippen molar-refractivity contribution in [1.29, 1.82) is 0 Å². The topological polar surface area (TPSA) is 231 Å². The number of hydrogen-bond donors (Lipinski definition) is 7. The standard InChI is InChI=1S/C38H68O15/c1-3-5-7-9-10-11-12-13-14-15-16-17-19-21-30(41)51-26(23-48-29(40)20-18-8-6-4-2)24-49-37-36(47)34(45)32(43)28(53-37)25-50-38-35(46)33(44)31(42)27(22-39)52-38/h11-12,26-28,31-39,42-47H,3-10,13-25H2,1-2H3/b12-11-. The van der Waals surface area contributed by atoms with E-state index in [9.17, 15) is 45.3 Å². The van der Waals surface area contributed by atoms with Crippen LogP contribution in [0.1, 0.15) is 123 Å². The third kappa shape index (κ3) is 18.2. The second-order valence-corrected chi connectivity index (χ2v) is 14.1. The first-order valence-electron chi connectivity index (χ1n) is 19.8. The van der Waals surface area contributed by atoms with Crippen LogP contribution < -0.4 is 0 Å². The van der Waals surface area contributed by atoms with E-state index in [2.05, 4.69) is 26.0 Å². The van der Waals surface area contributed by atoms with E-state index in [4.69, 9.17) is 28.4 Å². The predicted octanol–water partition coefficient (Wildman–Crippen LogP) is 2.31. The Morgan fingerprint density at radius 2 is 1.08 bits per heavy atom. The Hall–Kier alpha value is -1.76. The molecule has 15 heteroatoms.